The van der Waals surface area contributed by atoms with Gasteiger partial charge in [0.15, 0.2) is 0 Å². The van der Waals surface area contributed by atoms with Crippen molar-refractivity contribution >= 4 is 17.4 Å². The molecule has 1 atom stereocenters. The summed E-state index contributed by atoms with van der Waals surface area (Å²) in [5.41, 5.74) is 3.28. The lowest BCUT2D eigenvalue weighted by Gasteiger charge is -2.26. The number of Topliss-reactive ketones (excluding diaryl/α,β-unsaturated/α-hetero) is 1. The molecule has 0 bridgehead atoms. The number of ketones is 1. The number of carbonyl (C=O) groups excluding carboxylic acids is 2. The van der Waals surface area contributed by atoms with Gasteiger partial charge >= 0.3 is 0 Å². The number of rotatable bonds is 8. The van der Waals surface area contributed by atoms with E-state index in [-0.39, 0.29) is 29.9 Å². The molecule has 6 heteroatoms. The average molecular weight is 480 g/mol. The smallest absolute Gasteiger partial charge is 0.295 e. The maximum Gasteiger partial charge on any atom is 0.295 e. The highest BCUT2D eigenvalue weighted by molar-refractivity contribution is 6.46. The first-order valence-electron chi connectivity index (χ1n) is 12.1. The minimum atomic E-state index is -0.698. The number of aliphatic hydroxyl groups excluding tert-OH is 1. The van der Waals surface area contributed by atoms with Gasteiger partial charge in [0, 0.05) is 19.2 Å². The highest BCUT2D eigenvalue weighted by Gasteiger charge is 2.46. The number of benzene rings is 2. The topological polar surface area (TPSA) is 76.1 Å². The minimum Gasteiger partial charge on any atom is -0.507 e. The Labute approximate surface area is 208 Å². The Kier molecular flexibility index (Phi) is 8.06. The van der Waals surface area contributed by atoms with Crippen LogP contribution in [0.15, 0.2) is 48.0 Å². The number of hydrogen-bond acceptors (Lipinski definition) is 5. The molecule has 1 N–H and O–H groups in total. The van der Waals surface area contributed by atoms with E-state index in [2.05, 4.69) is 34.6 Å². The van der Waals surface area contributed by atoms with Crippen LogP contribution < -0.4 is 4.74 Å². The van der Waals surface area contributed by atoms with Crippen LogP contribution in [0.4, 0.5) is 0 Å². The number of nitrogens with zero attached hydrogens (tertiary/aromatic N) is 1. The van der Waals surface area contributed by atoms with E-state index in [9.17, 15) is 14.7 Å². The molecule has 1 saturated heterocycles. The first-order chi connectivity index (χ1) is 16.5. The number of carbonyl (C=O) groups is 2. The lowest BCUT2D eigenvalue weighted by atomic mass is 9.85. The fraction of sp³-hybridized carbons (Fsp3) is 0.448. The summed E-state index contributed by atoms with van der Waals surface area (Å²) in [4.78, 5) is 27.6. The Bertz CT molecular complexity index is 1110. The lowest BCUT2D eigenvalue weighted by Crippen LogP contribution is -2.32. The molecule has 1 unspecified atom stereocenters. The van der Waals surface area contributed by atoms with Crippen molar-refractivity contribution in [3.05, 3.63) is 70.3 Å². The molecule has 0 radical (unpaired) electrons. The van der Waals surface area contributed by atoms with E-state index in [1.807, 2.05) is 31.2 Å². The van der Waals surface area contributed by atoms with Crippen LogP contribution in [0.2, 0.25) is 0 Å². The molecule has 0 saturated carbocycles. The van der Waals surface area contributed by atoms with Crippen molar-refractivity contribution in [2.75, 3.05) is 26.9 Å². The molecule has 6 nitrogen and oxygen atoms in total. The summed E-state index contributed by atoms with van der Waals surface area (Å²) in [5, 5.41) is 11.3. The van der Waals surface area contributed by atoms with E-state index >= 15 is 0 Å². The van der Waals surface area contributed by atoms with E-state index in [0.717, 1.165) is 22.4 Å². The van der Waals surface area contributed by atoms with Gasteiger partial charge in [0.25, 0.3) is 11.7 Å². The third kappa shape index (κ3) is 5.76. The largest absolute Gasteiger partial charge is 0.507 e. The van der Waals surface area contributed by atoms with Crippen molar-refractivity contribution in [3.63, 3.8) is 0 Å². The predicted octanol–water partition coefficient (Wildman–Crippen LogP) is 5.40. The summed E-state index contributed by atoms with van der Waals surface area (Å²) in [6.45, 7) is 13.5. The van der Waals surface area contributed by atoms with Gasteiger partial charge in [0.05, 0.1) is 24.8 Å². The van der Waals surface area contributed by atoms with Crippen molar-refractivity contribution in [3.8, 4) is 5.75 Å². The normalized spacial score (nSPS) is 17.9. The van der Waals surface area contributed by atoms with E-state index in [1.54, 1.807) is 25.3 Å². The van der Waals surface area contributed by atoms with Crippen LogP contribution in [0.25, 0.3) is 5.76 Å². The Morgan fingerprint density at radius 3 is 2.29 bits per heavy atom. The van der Waals surface area contributed by atoms with Crippen molar-refractivity contribution in [2.24, 2.45) is 5.92 Å². The van der Waals surface area contributed by atoms with Crippen LogP contribution in [-0.2, 0) is 19.7 Å². The van der Waals surface area contributed by atoms with Gasteiger partial charge in [-0.05, 0) is 53.1 Å². The van der Waals surface area contributed by atoms with Gasteiger partial charge in [-0.25, -0.2) is 0 Å². The Morgan fingerprint density at radius 1 is 1.09 bits per heavy atom. The molecule has 1 heterocycles. The number of aryl methyl sites for hydroxylation is 1. The Morgan fingerprint density at radius 2 is 1.74 bits per heavy atom. The Balaban J connectivity index is 2.08. The third-order valence-corrected chi connectivity index (χ3v) is 6.19. The second kappa shape index (κ2) is 10.6. The van der Waals surface area contributed by atoms with E-state index < -0.39 is 17.7 Å². The lowest BCUT2D eigenvalue weighted by molar-refractivity contribution is -0.140. The molecular weight excluding hydrogens is 442 g/mol. The van der Waals surface area contributed by atoms with Crippen LogP contribution in [-0.4, -0.2) is 48.6 Å². The van der Waals surface area contributed by atoms with Crippen LogP contribution >= 0.6 is 0 Å². The summed E-state index contributed by atoms with van der Waals surface area (Å²) in [5.74, 6) is -0.407. The number of likely N-dealkylation sites (tertiary alicyclic amines) is 1. The van der Waals surface area contributed by atoms with E-state index in [4.69, 9.17) is 9.47 Å². The molecule has 1 aliphatic heterocycles. The fourth-order valence-electron chi connectivity index (χ4n) is 4.18. The van der Waals surface area contributed by atoms with Gasteiger partial charge in [0.2, 0.25) is 0 Å². The van der Waals surface area contributed by atoms with Crippen molar-refractivity contribution in [1.82, 2.24) is 4.90 Å². The predicted molar refractivity (Wildman–Crippen MR) is 138 cm³/mol. The van der Waals surface area contributed by atoms with Crippen molar-refractivity contribution < 1.29 is 24.2 Å². The molecule has 35 heavy (non-hydrogen) atoms. The fourth-order valence-corrected chi connectivity index (χ4v) is 4.18. The number of hydrogen-bond donors (Lipinski definition) is 1. The molecule has 1 amide bonds. The number of aliphatic hydroxyl groups is 1. The van der Waals surface area contributed by atoms with Crippen LogP contribution in [0.1, 0.15) is 62.9 Å². The van der Waals surface area contributed by atoms with Gasteiger partial charge in [-0.3, -0.25) is 9.59 Å². The summed E-state index contributed by atoms with van der Waals surface area (Å²) >= 11 is 0. The standard InChI is InChI=1S/C29H37NO5/c1-18(2)17-35-23-13-10-21(16-19(23)3)26(31)24-25(30(14-15-34-7)28(33)27(24)32)20-8-11-22(12-9-20)29(4,5)6/h8-13,16,18,25,31H,14-15,17H2,1-7H3/b26-24+. The van der Waals surface area contributed by atoms with Crippen molar-refractivity contribution in [2.45, 2.75) is 53.0 Å². The number of ether oxygens (including phenoxy) is 2. The molecule has 3 rings (SSSR count). The summed E-state index contributed by atoms with van der Waals surface area (Å²) in [6, 6.07) is 12.5. The number of methoxy groups -OCH3 is 1. The third-order valence-electron chi connectivity index (χ3n) is 6.19. The molecule has 1 aliphatic rings. The zero-order valence-corrected chi connectivity index (χ0v) is 21.8. The van der Waals surface area contributed by atoms with Crippen LogP contribution in [0, 0.1) is 12.8 Å². The summed E-state index contributed by atoms with van der Waals surface area (Å²) < 4.78 is 11.0. The molecule has 0 aromatic heterocycles. The minimum absolute atomic E-state index is 0.0344. The molecule has 0 spiro atoms. The quantitative estimate of drug-likeness (QED) is 0.312. The average Bonchev–Trinajstić information content (AvgIpc) is 3.05. The van der Waals surface area contributed by atoms with Gasteiger partial charge in [-0.1, -0.05) is 58.9 Å². The van der Waals surface area contributed by atoms with E-state index in [1.165, 1.54) is 4.90 Å². The van der Waals surface area contributed by atoms with E-state index in [0.29, 0.717) is 18.1 Å². The zero-order valence-electron chi connectivity index (χ0n) is 21.8. The second-order valence-corrected chi connectivity index (χ2v) is 10.5. The molecule has 2 aromatic carbocycles. The summed E-state index contributed by atoms with van der Waals surface area (Å²) in [6.07, 6.45) is 0. The second-order valence-electron chi connectivity index (χ2n) is 10.5. The van der Waals surface area contributed by atoms with Gasteiger partial charge in [0.1, 0.15) is 11.5 Å². The maximum absolute atomic E-state index is 13.2. The molecule has 1 fully saturated rings. The Hall–Kier alpha value is -3.12. The van der Waals surface area contributed by atoms with Gasteiger partial charge in [-0.2, -0.15) is 0 Å². The molecule has 188 valence electrons. The summed E-state index contributed by atoms with van der Waals surface area (Å²) in [7, 11) is 1.55. The highest BCUT2D eigenvalue weighted by Crippen LogP contribution is 2.40. The number of amides is 1. The van der Waals surface area contributed by atoms with Crippen LogP contribution in [0.5, 0.6) is 5.75 Å². The molecule has 0 aliphatic carbocycles. The first-order valence-corrected chi connectivity index (χ1v) is 12.1. The monoisotopic (exact) mass is 479 g/mol. The van der Waals surface area contributed by atoms with Crippen LogP contribution in [0.3, 0.4) is 0 Å². The van der Waals surface area contributed by atoms with Crippen molar-refractivity contribution in [1.29, 1.82) is 0 Å². The van der Waals surface area contributed by atoms with Gasteiger partial charge in [-0.15, -0.1) is 0 Å². The molecule has 2 aromatic rings. The highest BCUT2D eigenvalue weighted by atomic mass is 16.5. The first kappa shape index (κ1) is 26.5. The zero-order chi connectivity index (χ0) is 25.9. The maximum atomic E-state index is 13.2. The van der Waals surface area contributed by atoms with Gasteiger partial charge < -0.3 is 19.5 Å². The SMILES string of the molecule is COCCN1C(=O)C(=O)/C(=C(/O)c2ccc(OCC(C)C)c(C)c2)C1c1ccc(C(C)(C)C)cc1. The molecular formula is C29H37NO5.